The quantitative estimate of drug-likeness (QED) is 0.838. The fraction of sp³-hybridized carbons (Fsp3) is 0.471. The second-order valence-electron chi connectivity index (χ2n) is 6.69. The predicted octanol–water partition coefficient (Wildman–Crippen LogP) is 3.28. The van der Waals surface area contributed by atoms with Gasteiger partial charge in [0.2, 0.25) is 5.91 Å². The summed E-state index contributed by atoms with van der Waals surface area (Å²) in [4.78, 5) is 11.9. The Morgan fingerprint density at radius 1 is 1.27 bits per heavy atom. The molecule has 1 aromatic carbocycles. The molecule has 5 heteroatoms. The Balaban J connectivity index is 2.80. The second-order valence-corrected chi connectivity index (χ2v) is 6.69. The van der Waals surface area contributed by atoms with Gasteiger partial charge >= 0.3 is 0 Å². The first-order valence-electron chi connectivity index (χ1n) is 7.08. The molecule has 0 heterocycles. The molecule has 2 N–H and O–H groups in total. The number of nitrogens with one attached hydrogen (secondary N) is 1. The van der Waals surface area contributed by atoms with Gasteiger partial charge in [-0.05, 0) is 25.3 Å². The van der Waals surface area contributed by atoms with Gasteiger partial charge in [0.15, 0.2) is 0 Å². The molecule has 0 fully saturated rings. The fourth-order valence-electron chi connectivity index (χ4n) is 1.74. The van der Waals surface area contributed by atoms with Crippen LogP contribution in [0.15, 0.2) is 29.8 Å². The van der Waals surface area contributed by atoms with E-state index in [4.69, 9.17) is 0 Å². The van der Waals surface area contributed by atoms with Gasteiger partial charge in [0.1, 0.15) is 17.2 Å². The first-order chi connectivity index (χ1) is 9.93. The SMILES string of the molecule is CC(=CC(=O)NCC(C)(O)c1ccc(F)cc1F)C(C)(C)C. The highest BCUT2D eigenvalue weighted by molar-refractivity contribution is 5.88. The Bertz CT molecular complexity index is 587. The lowest BCUT2D eigenvalue weighted by atomic mass is 9.87. The largest absolute Gasteiger partial charge is 0.383 e. The number of amides is 1. The lowest BCUT2D eigenvalue weighted by Gasteiger charge is -2.25. The molecule has 0 spiro atoms. The maximum absolute atomic E-state index is 13.7. The molecule has 0 bridgehead atoms. The topological polar surface area (TPSA) is 49.3 Å². The number of carbonyl (C=O) groups is 1. The van der Waals surface area contributed by atoms with Gasteiger partial charge in [-0.15, -0.1) is 0 Å². The highest BCUT2D eigenvalue weighted by atomic mass is 19.1. The van der Waals surface area contributed by atoms with E-state index in [1.54, 1.807) is 0 Å². The lowest BCUT2D eigenvalue weighted by molar-refractivity contribution is -0.117. The van der Waals surface area contributed by atoms with E-state index in [0.29, 0.717) is 6.07 Å². The van der Waals surface area contributed by atoms with Crippen LogP contribution >= 0.6 is 0 Å². The van der Waals surface area contributed by atoms with Gasteiger partial charge in [-0.2, -0.15) is 0 Å². The molecule has 0 radical (unpaired) electrons. The van der Waals surface area contributed by atoms with Gasteiger partial charge in [-0.25, -0.2) is 8.78 Å². The molecule has 3 nitrogen and oxygen atoms in total. The number of halogens is 2. The molecule has 0 saturated heterocycles. The zero-order valence-electron chi connectivity index (χ0n) is 13.6. The van der Waals surface area contributed by atoms with E-state index in [9.17, 15) is 18.7 Å². The molecule has 1 atom stereocenters. The summed E-state index contributed by atoms with van der Waals surface area (Å²) < 4.78 is 26.6. The summed E-state index contributed by atoms with van der Waals surface area (Å²) in [6.45, 7) is 8.98. The standard InChI is InChI=1S/C17H23F2NO2/c1-11(16(2,3)4)8-15(21)20-10-17(5,22)13-7-6-12(18)9-14(13)19/h6-9,22H,10H2,1-5H3,(H,20,21). The van der Waals surface area contributed by atoms with Crippen molar-refractivity contribution < 1.29 is 18.7 Å². The van der Waals surface area contributed by atoms with Crippen LogP contribution in [0.4, 0.5) is 8.78 Å². The van der Waals surface area contributed by atoms with Crippen LogP contribution in [0.1, 0.15) is 40.2 Å². The van der Waals surface area contributed by atoms with Crippen LogP contribution in [0.5, 0.6) is 0 Å². The second kappa shape index (κ2) is 6.57. The van der Waals surface area contributed by atoms with Crippen molar-refractivity contribution in [2.24, 2.45) is 5.41 Å². The number of rotatable bonds is 4. The van der Waals surface area contributed by atoms with E-state index < -0.39 is 17.2 Å². The summed E-state index contributed by atoms with van der Waals surface area (Å²) in [5.41, 5.74) is -0.942. The number of allylic oxidation sites excluding steroid dienone is 1. The molecule has 0 aromatic heterocycles. The molecule has 1 rings (SSSR count). The molecule has 22 heavy (non-hydrogen) atoms. The van der Waals surface area contributed by atoms with Crippen molar-refractivity contribution in [3.8, 4) is 0 Å². The van der Waals surface area contributed by atoms with Gasteiger partial charge in [-0.1, -0.05) is 32.4 Å². The van der Waals surface area contributed by atoms with E-state index >= 15 is 0 Å². The van der Waals surface area contributed by atoms with Crippen LogP contribution in [-0.2, 0) is 10.4 Å². The molecule has 0 saturated carbocycles. The minimum Gasteiger partial charge on any atom is -0.383 e. The maximum Gasteiger partial charge on any atom is 0.244 e. The van der Waals surface area contributed by atoms with Gasteiger partial charge in [0, 0.05) is 17.7 Å². The molecule has 0 aliphatic heterocycles. The zero-order chi connectivity index (χ0) is 17.1. The van der Waals surface area contributed by atoms with Crippen molar-refractivity contribution in [1.82, 2.24) is 5.32 Å². The number of hydrogen-bond donors (Lipinski definition) is 2. The zero-order valence-corrected chi connectivity index (χ0v) is 13.6. The maximum atomic E-state index is 13.7. The molecule has 0 aliphatic rings. The third kappa shape index (κ3) is 4.91. The summed E-state index contributed by atoms with van der Waals surface area (Å²) in [5, 5.41) is 12.8. The summed E-state index contributed by atoms with van der Waals surface area (Å²) in [7, 11) is 0. The summed E-state index contributed by atoms with van der Waals surface area (Å²) in [5.74, 6) is -1.93. The number of hydrogen-bond acceptors (Lipinski definition) is 2. The molecule has 0 aliphatic carbocycles. The van der Waals surface area contributed by atoms with Crippen molar-refractivity contribution >= 4 is 5.91 Å². The normalized spacial score (nSPS) is 15.4. The lowest BCUT2D eigenvalue weighted by Crippen LogP contribution is -2.38. The van der Waals surface area contributed by atoms with Gasteiger partial charge in [-0.3, -0.25) is 4.79 Å². The Morgan fingerprint density at radius 2 is 1.86 bits per heavy atom. The first-order valence-corrected chi connectivity index (χ1v) is 7.08. The van der Waals surface area contributed by atoms with Crippen molar-refractivity contribution in [3.05, 3.63) is 47.0 Å². The van der Waals surface area contributed by atoms with Crippen LogP contribution in [0.3, 0.4) is 0 Å². The highest BCUT2D eigenvalue weighted by Gasteiger charge is 2.27. The van der Waals surface area contributed by atoms with Crippen LogP contribution < -0.4 is 5.32 Å². The number of aliphatic hydroxyl groups is 1. The molecule has 1 unspecified atom stereocenters. The first kappa shape index (κ1) is 18.3. The van der Waals surface area contributed by atoms with Gasteiger partial charge in [0.05, 0.1) is 6.54 Å². The Hall–Kier alpha value is -1.75. The van der Waals surface area contributed by atoms with E-state index in [-0.39, 0.29) is 23.4 Å². The van der Waals surface area contributed by atoms with Crippen molar-refractivity contribution in [2.75, 3.05) is 6.54 Å². The summed E-state index contributed by atoms with van der Waals surface area (Å²) >= 11 is 0. The average molecular weight is 311 g/mol. The monoisotopic (exact) mass is 311 g/mol. The number of benzene rings is 1. The Labute approximate surface area is 130 Å². The van der Waals surface area contributed by atoms with Crippen molar-refractivity contribution in [2.45, 2.75) is 40.2 Å². The molecular weight excluding hydrogens is 288 g/mol. The average Bonchev–Trinajstić information content (AvgIpc) is 2.34. The van der Waals surface area contributed by atoms with Crippen molar-refractivity contribution in [1.29, 1.82) is 0 Å². The van der Waals surface area contributed by atoms with Crippen LogP contribution in [0.25, 0.3) is 0 Å². The predicted molar refractivity (Wildman–Crippen MR) is 82.2 cm³/mol. The van der Waals surface area contributed by atoms with Gasteiger partial charge < -0.3 is 10.4 Å². The molecule has 1 amide bonds. The minimum absolute atomic E-state index is 0.0641. The third-order valence-corrected chi connectivity index (χ3v) is 3.65. The Morgan fingerprint density at radius 3 is 2.36 bits per heavy atom. The number of carbonyl (C=O) groups excluding carboxylic acids is 1. The summed E-state index contributed by atoms with van der Waals surface area (Å²) in [6.07, 6.45) is 1.46. The van der Waals surface area contributed by atoms with Crippen molar-refractivity contribution in [3.63, 3.8) is 0 Å². The van der Waals surface area contributed by atoms with Crippen LogP contribution in [-0.4, -0.2) is 17.6 Å². The van der Waals surface area contributed by atoms with E-state index in [0.717, 1.165) is 11.6 Å². The van der Waals surface area contributed by atoms with E-state index in [1.165, 1.54) is 19.1 Å². The Kier molecular flexibility index (Phi) is 5.46. The van der Waals surface area contributed by atoms with E-state index in [2.05, 4.69) is 5.32 Å². The minimum atomic E-state index is -1.63. The van der Waals surface area contributed by atoms with Crippen LogP contribution in [0, 0.1) is 17.0 Å². The third-order valence-electron chi connectivity index (χ3n) is 3.65. The molecular formula is C17H23F2NO2. The van der Waals surface area contributed by atoms with E-state index in [1.807, 2.05) is 27.7 Å². The molecule has 1 aromatic rings. The smallest absolute Gasteiger partial charge is 0.244 e. The summed E-state index contributed by atoms with van der Waals surface area (Å²) in [6, 6.07) is 2.95. The fourth-order valence-corrected chi connectivity index (χ4v) is 1.74. The molecule has 122 valence electrons. The van der Waals surface area contributed by atoms with Crippen LogP contribution in [0.2, 0.25) is 0 Å². The van der Waals surface area contributed by atoms with Gasteiger partial charge in [0.25, 0.3) is 0 Å². The highest BCUT2D eigenvalue weighted by Crippen LogP contribution is 2.25.